The molecule has 8 nitrogen and oxygen atoms in total. The molecule has 2 aromatic heterocycles. The standard InChI is InChI=1S/2C8H15N2.ClH.H2O4S/c2*1-3-4-5-10-7-6-9(2)8-10;;1-5(2,3)4/h2*6-8H,3-5H2,1-2H3;1H;(H2,1,2,3,4)/q2*+1;;/p-2. The number of imidazole rings is 2. The molecule has 152 valence electrons. The lowest BCUT2D eigenvalue weighted by Crippen LogP contribution is -3.00. The molecule has 0 bridgehead atoms. The number of rotatable bonds is 6. The van der Waals surface area contributed by atoms with E-state index in [0.29, 0.717) is 0 Å². The molecular weight excluding hydrogens is 380 g/mol. The summed E-state index contributed by atoms with van der Waals surface area (Å²) in [5, 5.41) is 0. The van der Waals surface area contributed by atoms with Crippen LogP contribution in [0.25, 0.3) is 0 Å². The van der Waals surface area contributed by atoms with Gasteiger partial charge >= 0.3 is 0 Å². The van der Waals surface area contributed by atoms with Gasteiger partial charge in [-0.3, -0.25) is 4.55 Å². The largest absolute Gasteiger partial charge is 1.00 e. The van der Waals surface area contributed by atoms with E-state index in [9.17, 15) is 0 Å². The molecule has 0 aliphatic rings. The van der Waals surface area contributed by atoms with E-state index in [4.69, 9.17) is 17.5 Å². The molecule has 0 amide bonds. The third-order valence-electron chi connectivity index (χ3n) is 3.19. The maximum Gasteiger partial charge on any atom is 0.243 e. The normalized spacial score (nSPS) is 10.1. The second kappa shape index (κ2) is 14.7. The molecule has 2 heterocycles. The summed E-state index contributed by atoms with van der Waals surface area (Å²) in [6.45, 7) is 6.72. The second-order valence-electron chi connectivity index (χ2n) is 5.77. The van der Waals surface area contributed by atoms with E-state index < -0.39 is 10.4 Å². The van der Waals surface area contributed by atoms with Crippen LogP contribution in [-0.2, 0) is 37.6 Å². The SMILES string of the molecule is CCCCn1cc[n+](C)c1.CCCCn1cc[n+](C)c1.O=S(=O)([O-])O.[Cl-]. The van der Waals surface area contributed by atoms with Gasteiger partial charge in [0, 0.05) is 0 Å². The molecule has 10 heteroatoms. The van der Waals surface area contributed by atoms with Crippen LogP contribution in [0.1, 0.15) is 39.5 Å². The summed E-state index contributed by atoms with van der Waals surface area (Å²) in [7, 11) is -0.828. The molecule has 0 fully saturated rings. The molecule has 0 unspecified atom stereocenters. The molecule has 0 atom stereocenters. The van der Waals surface area contributed by atoms with E-state index in [0.717, 1.165) is 13.1 Å². The van der Waals surface area contributed by atoms with Gasteiger partial charge in [0.1, 0.15) is 24.8 Å². The van der Waals surface area contributed by atoms with Crippen molar-refractivity contribution in [1.82, 2.24) is 9.13 Å². The predicted molar refractivity (Wildman–Crippen MR) is 93.4 cm³/mol. The zero-order valence-corrected chi connectivity index (χ0v) is 17.5. The number of halogens is 1. The average Bonchev–Trinajstić information content (AvgIpc) is 3.10. The van der Waals surface area contributed by atoms with Crippen LogP contribution in [0.5, 0.6) is 0 Å². The fraction of sp³-hybridized carbons (Fsp3) is 0.625. The molecule has 0 spiro atoms. The third-order valence-corrected chi connectivity index (χ3v) is 3.19. The highest BCUT2D eigenvalue weighted by Gasteiger charge is 1.97. The topological polar surface area (TPSA) is 95.0 Å². The van der Waals surface area contributed by atoms with Crippen molar-refractivity contribution < 1.29 is 39.1 Å². The molecule has 0 saturated heterocycles. The summed E-state index contributed by atoms with van der Waals surface area (Å²) >= 11 is 0. The maximum absolute atomic E-state index is 8.63. The van der Waals surface area contributed by atoms with Crippen LogP contribution < -0.4 is 21.5 Å². The van der Waals surface area contributed by atoms with E-state index in [2.05, 4.69) is 69.6 Å². The minimum absolute atomic E-state index is 0. The van der Waals surface area contributed by atoms with Gasteiger partial charge in [-0.05, 0) is 12.8 Å². The molecular formula is C16H31ClN4O4S. The van der Waals surface area contributed by atoms with Crippen LogP contribution in [0, 0.1) is 0 Å². The fourth-order valence-electron chi connectivity index (χ4n) is 1.95. The highest BCUT2D eigenvalue weighted by Crippen LogP contribution is 1.92. The quantitative estimate of drug-likeness (QED) is 0.346. The van der Waals surface area contributed by atoms with Gasteiger partial charge in [-0.2, -0.15) is 0 Å². The van der Waals surface area contributed by atoms with E-state index >= 15 is 0 Å². The highest BCUT2D eigenvalue weighted by molar-refractivity contribution is 7.79. The van der Waals surface area contributed by atoms with Gasteiger partial charge in [0.15, 0.2) is 0 Å². The lowest BCUT2D eigenvalue weighted by Gasteiger charge is -1.90. The van der Waals surface area contributed by atoms with Gasteiger partial charge < -0.3 is 17.0 Å². The molecule has 0 saturated carbocycles. The van der Waals surface area contributed by atoms with Crippen molar-refractivity contribution in [3.8, 4) is 0 Å². The first-order valence-electron chi connectivity index (χ1n) is 8.36. The van der Waals surface area contributed by atoms with Crippen molar-refractivity contribution in [2.45, 2.75) is 52.6 Å². The van der Waals surface area contributed by atoms with Gasteiger partial charge in [0.25, 0.3) is 0 Å². The van der Waals surface area contributed by atoms with Crippen molar-refractivity contribution >= 4 is 10.4 Å². The van der Waals surface area contributed by atoms with Crippen LogP contribution in [0.4, 0.5) is 0 Å². The average molecular weight is 411 g/mol. The Morgan fingerprint density at radius 3 is 1.42 bits per heavy atom. The van der Waals surface area contributed by atoms with Crippen LogP contribution in [-0.4, -0.2) is 26.7 Å². The Balaban J connectivity index is 0. The van der Waals surface area contributed by atoms with Crippen LogP contribution in [0.3, 0.4) is 0 Å². The zero-order chi connectivity index (χ0) is 19.3. The number of hydrogen-bond donors (Lipinski definition) is 1. The number of aryl methyl sites for hydroxylation is 4. The zero-order valence-electron chi connectivity index (χ0n) is 16.0. The Labute approximate surface area is 163 Å². The first-order valence-corrected chi connectivity index (χ1v) is 9.72. The molecule has 0 aromatic carbocycles. The Morgan fingerprint density at radius 1 is 0.923 bits per heavy atom. The molecule has 26 heavy (non-hydrogen) atoms. The minimum Gasteiger partial charge on any atom is -1.00 e. The van der Waals surface area contributed by atoms with Gasteiger partial charge in [-0.15, -0.1) is 0 Å². The van der Waals surface area contributed by atoms with Gasteiger partial charge in [-0.1, -0.05) is 26.7 Å². The van der Waals surface area contributed by atoms with E-state index in [1.807, 2.05) is 14.1 Å². The van der Waals surface area contributed by atoms with Crippen molar-refractivity contribution in [2.75, 3.05) is 0 Å². The predicted octanol–water partition coefficient (Wildman–Crippen LogP) is -1.77. The lowest BCUT2D eigenvalue weighted by molar-refractivity contribution is -0.671. The first kappa shape index (κ1) is 26.8. The fourth-order valence-corrected chi connectivity index (χ4v) is 1.95. The van der Waals surface area contributed by atoms with E-state index in [1.54, 1.807) is 0 Å². The number of aromatic nitrogens is 4. The summed E-state index contributed by atoms with van der Waals surface area (Å²) in [4.78, 5) is 0. The molecule has 0 radical (unpaired) electrons. The number of nitrogens with zero attached hydrogens (tertiary/aromatic N) is 4. The first-order chi connectivity index (χ1) is 11.7. The Bertz CT molecular complexity index is 634. The number of hydrogen-bond acceptors (Lipinski definition) is 3. The summed E-state index contributed by atoms with van der Waals surface area (Å²) in [5.74, 6) is 0. The van der Waals surface area contributed by atoms with Crippen molar-refractivity contribution in [3.05, 3.63) is 37.4 Å². The van der Waals surface area contributed by atoms with Crippen molar-refractivity contribution in [2.24, 2.45) is 14.1 Å². The summed E-state index contributed by atoms with van der Waals surface area (Å²) in [6.07, 6.45) is 17.6. The Kier molecular flexibility index (Phi) is 15.2. The second-order valence-corrected chi connectivity index (χ2v) is 6.62. The summed E-state index contributed by atoms with van der Waals surface area (Å²) in [6, 6.07) is 0. The highest BCUT2D eigenvalue weighted by atomic mass is 35.5. The maximum atomic E-state index is 8.63. The Morgan fingerprint density at radius 2 is 1.23 bits per heavy atom. The molecule has 0 aliphatic heterocycles. The monoisotopic (exact) mass is 410 g/mol. The van der Waals surface area contributed by atoms with Crippen molar-refractivity contribution in [3.63, 3.8) is 0 Å². The minimum atomic E-state index is -4.92. The van der Waals surface area contributed by atoms with Crippen molar-refractivity contribution in [1.29, 1.82) is 0 Å². The Hall–Kier alpha value is -1.42. The van der Waals surface area contributed by atoms with Gasteiger partial charge in [-0.25, -0.2) is 26.7 Å². The summed E-state index contributed by atoms with van der Waals surface area (Å²) < 4.78 is 41.4. The van der Waals surface area contributed by atoms with E-state index in [-0.39, 0.29) is 12.4 Å². The third kappa shape index (κ3) is 17.4. The molecule has 2 rings (SSSR count). The lowest BCUT2D eigenvalue weighted by atomic mass is 10.3. The van der Waals surface area contributed by atoms with E-state index in [1.165, 1.54) is 25.7 Å². The van der Waals surface area contributed by atoms with Crippen LogP contribution in [0.15, 0.2) is 37.4 Å². The van der Waals surface area contributed by atoms with Crippen LogP contribution >= 0.6 is 0 Å². The smallest absolute Gasteiger partial charge is 0.243 e. The number of unbranched alkanes of at least 4 members (excludes halogenated alkanes) is 2. The van der Waals surface area contributed by atoms with Crippen LogP contribution in [0.2, 0.25) is 0 Å². The van der Waals surface area contributed by atoms with Gasteiger partial charge in [0.05, 0.1) is 27.2 Å². The van der Waals surface area contributed by atoms with Gasteiger partial charge in [0.2, 0.25) is 23.1 Å². The molecule has 0 aliphatic carbocycles. The molecule has 1 N–H and O–H groups in total. The summed E-state index contributed by atoms with van der Waals surface area (Å²) in [5.41, 5.74) is 0. The molecule has 2 aromatic rings.